The summed E-state index contributed by atoms with van der Waals surface area (Å²) in [7, 11) is 0. The molecule has 2 rings (SSSR count). The van der Waals surface area contributed by atoms with Crippen molar-refractivity contribution >= 4 is 17.3 Å². The van der Waals surface area contributed by atoms with Crippen molar-refractivity contribution in [3.63, 3.8) is 0 Å². The first-order valence-corrected chi connectivity index (χ1v) is 14.1. The van der Waals surface area contributed by atoms with Gasteiger partial charge in [-0.2, -0.15) is 0 Å². The number of Topliss-reactive ketones (excluding diaryl/α,β-unsaturated/α-hetero) is 3. The molecular formula is C31H54O3. The van der Waals surface area contributed by atoms with Crippen LogP contribution in [0.2, 0.25) is 0 Å². The van der Waals surface area contributed by atoms with Crippen LogP contribution in [0.5, 0.6) is 0 Å². The topological polar surface area (TPSA) is 51.2 Å². The van der Waals surface area contributed by atoms with Crippen molar-refractivity contribution in [3.8, 4) is 0 Å². The lowest BCUT2D eigenvalue weighted by Crippen LogP contribution is -2.27. The van der Waals surface area contributed by atoms with Gasteiger partial charge in [0.2, 0.25) is 0 Å². The van der Waals surface area contributed by atoms with Crippen molar-refractivity contribution in [1.29, 1.82) is 0 Å². The van der Waals surface area contributed by atoms with Gasteiger partial charge in [-0.3, -0.25) is 14.4 Å². The molecule has 1 fully saturated rings. The molecule has 3 atom stereocenters. The van der Waals surface area contributed by atoms with Gasteiger partial charge in [0.1, 0.15) is 17.3 Å². The summed E-state index contributed by atoms with van der Waals surface area (Å²) >= 11 is 0. The quantitative estimate of drug-likeness (QED) is 0.313. The number of carbonyl (C=O) groups is 3. The second kappa shape index (κ2) is 19.8. The lowest BCUT2D eigenvalue weighted by molar-refractivity contribution is -0.129. The predicted octanol–water partition coefficient (Wildman–Crippen LogP) is 9.00. The van der Waals surface area contributed by atoms with Crippen molar-refractivity contribution in [2.75, 3.05) is 0 Å². The Hall–Kier alpha value is -1.51. The van der Waals surface area contributed by atoms with Crippen LogP contribution in [-0.4, -0.2) is 17.3 Å². The highest BCUT2D eigenvalue weighted by atomic mass is 16.1. The number of hydrogen-bond acceptors (Lipinski definition) is 3. The van der Waals surface area contributed by atoms with Crippen LogP contribution in [0.15, 0.2) is 23.3 Å². The van der Waals surface area contributed by atoms with Crippen LogP contribution in [0.1, 0.15) is 138 Å². The highest BCUT2D eigenvalue weighted by Gasteiger charge is 2.29. The Morgan fingerprint density at radius 2 is 1.62 bits per heavy atom. The molecule has 0 heterocycles. The van der Waals surface area contributed by atoms with Gasteiger partial charge >= 0.3 is 0 Å². The standard InChI is InChI=1S/C24H38O3.C4H8.C3H8/c1-6-10-21(23(7-2)24(27)14-19(5)25)15-20-12-9-8-11-17(3)18(4)13-22(26)16-20;1-2-4-3-1;1-3-2/h8,11,20-21,23H,6-7,9-10,12-16H2,1-5H3;1-4H2;3H2,1-2H3/b11-8-,18-17-;;. The third kappa shape index (κ3) is 14.7. The molecule has 0 spiro atoms. The van der Waals surface area contributed by atoms with E-state index in [1.54, 1.807) is 0 Å². The highest BCUT2D eigenvalue weighted by molar-refractivity contribution is 5.99. The maximum atomic E-state index is 12.6. The second-order valence-electron chi connectivity index (χ2n) is 10.5. The zero-order valence-corrected chi connectivity index (χ0v) is 23.5. The molecule has 3 unspecified atom stereocenters. The molecule has 3 heteroatoms. The largest absolute Gasteiger partial charge is 0.300 e. The van der Waals surface area contributed by atoms with Crippen LogP contribution in [0, 0.1) is 17.8 Å². The Morgan fingerprint density at radius 1 is 1.03 bits per heavy atom. The number of allylic oxidation sites excluding steroid dienone is 4. The Kier molecular flexibility index (Phi) is 18.9. The lowest BCUT2D eigenvalue weighted by atomic mass is 9.75. The minimum absolute atomic E-state index is 0.0499. The van der Waals surface area contributed by atoms with Gasteiger partial charge in [-0.15, -0.1) is 0 Å². The van der Waals surface area contributed by atoms with E-state index in [4.69, 9.17) is 0 Å². The summed E-state index contributed by atoms with van der Waals surface area (Å²) in [4.78, 5) is 36.6. The van der Waals surface area contributed by atoms with Gasteiger partial charge in [0.05, 0.1) is 6.42 Å². The Bertz CT molecular complexity index is 648. The fourth-order valence-electron chi connectivity index (χ4n) is 4.60. The van der Waals surface area contributed by atoms with Gasteiger partial charge in [0.15, 0.2) is 0 Å². The van der Waals surface area contributed by atoms with Gasteiger partial charge in [-0.25, -0.2) is 0 Å². The zero-order valence-electron chi connectivity index (χ0n) is 23.5. The van der Waals surface area contributed by atoms with E-state index in [0.29, 0.717) is 24.5 Å². The smallest absolute Gasteiger partial charge is 0.143 e. The summed E-state index contributed by atoms with van der Waals surface area (Å²) in [5, 5.41) is 0. The summed E-state index contributed by atoms with van der Waals surface area (Å²) in [5.74, 6) is 0.887. The molecule has 0 amide bonds. The molecular weight excluding hydrogens is 420 g/mol. The second-order valence-corrected chi connectivity index (χ2v) is 10.5. The van der Waals surface area contributed by atoms with Crippen LogP contribution in [0.3, 0.4) is 0 Å². The van der Waals surface area contributed by atoms with Crippen LogP contribution >= 0.6 is 0 Å². The average Bonchev–Trinajstić information content (AvgIpc) is 2.69. The van der Waals surface area contributed by atoms with E-state index < -0.39 is 0 Å². The predicted molar refractivity (Wildman–Crippen MR) is 146 cm³/mol. The summed E-state index contributed by atoms with van der Waals surface area (Å²) < 4.78 is 0. The van der Waals surface area contributed by atoms with Crippen LogP contribution in [0.25, 0.3) is 0 Å². The van der Waals surface area contributed by atoms with E-state index in [0.717, 1.165) is 44.1 Å². The molecule has 2 aliphatic carbocycles. The van der Waals surface area contributed by atoms with E-state index >= 15 is 0 Å². The molecule has 2 aliphatic rings. The maximum absolute atomic E-state index is 12.6. The molecule has 0 aliphatic heterocycles. The van der Waals surface area contributed by atoms with Gasteiger partial charge in [0.25, 0.3) is 0 Å². The highest BCUT2D eigenvalue weighted by Crippen LogP contribution is 2.33. The average molecular weight is 475 g/mol. The van der Waals surface area contributed by atoms with Crippen LogP contribution in [0.4, 0.5) is 0 Å². The molecule has 3 nitrogen and oxygen atoms in total. The third-order valence-electron chi connectivity index (χ3n) is 6.90. The minimum atomic E-state index is -0.0567. The lowest BCUT2D eigenvalue weighted by Gasteiger charge is -2.29. The molecule has 0 aromatic carbocycles. The third-order valence-corrected chi connectivity index (χ3v) is 6.90. The first kappa shape index (κ1) is 32.5. The molecule has 34 heavy (non-hydrogen) atoms. The molecule has 0 bridgehead atoms. The first-order chi connectivity index (χ1) is 16.2. The summed E-state index contributed by atoms with van der Waals surface area (Å²) in [6, 6.07) is 0. The monoisotopic (exact) mass is 474 g/mol. The SMILES string of the molecule is C1CCC1.CCC.CCCC(CC1CC/C=C\C(C)=C(\C)CC(=O)C1)C(CC)C(=O)CC(C)=O. The molecule has 0 saturated heterocycles. The van der Waals surface area contributed by atoms with E-state index in [2.05, 4.69) is 39.8 Å². The van der Waals surface area contributed by atoms with Gasteiger partial charge in [-0.1, -0.05) is 95.9 Å². The van der Waals surface area contributed by atoms with Gasteiger partial charge in [0, 0.05) is 18.8 Å². The normalized spacial score (nSPS) is 23.1. The minimum Gasteiger partial charge on any atom is -0.300 e. The van der Waals surface area contributed by atoms with Gasteiger partial charge in [-0.05, 0) is 58.3 Å². The first-order valence-electron chi connectivity index (χ1n) is 14.1. The van der Waals surface area contributed by atoms with E-state index in [1.807, 2.05) is 13.8 Å². The molecule has 196 valence electrons. The molecule has 1 saturated carbocycles. The number of carbonyl (C=O) groups excluding carboxylic acids is 3. The number of hydrogen-bond donors (Lipinski definition) is 0. The summed E-state index contributed by atoms with van der Waals surface area (Å²) in [6.07, 6.45) is 18.5. The number of rotatable bonds is 9. The number of ketones is 3. The Balaban J connectivity index is 0.00000134. The Labute approximate surface area is 211 Å². The van der Waals surface area contributed by atoms with Crippen LogP contribution in [-0.2, 0) is 14.4 Å². The maximum Gasteiger partial charge on any atom is 0.143 e. The van der Waals surface area contributed by atoms with Crippen molar-refractivity contribution in [2.24, 2.45) is 17.8 Å². The van der Waals surface area contributed by atoms with E-state index in [9.17, 15) is 14.4 Å². The molecule has 0 aromatic heterocycles. The van der Waals surface area contributed by atoms with Crippen LogP contribution < -0.4 is 0 Å². The van der Waals surface area contributed by atoms with Crippen molar-refractivity contribution in [2.45, 2.75) is 138 Å². The summed E-state index contributed by atoms with van der Waals surface area (Å²) in [6.45, 7) is 14.0. The molecule has 0 radical (unpaired) electrons. The molecule has 0 N–H and O–H groups in total. The zero-order chi connectivity index (χ0) is 25.9. The fourth-order valence-corrected chi connectivity index (χ4v) is 4.60. The van der Waals surface area contributed by atoms with Crippen molar-refractivity contribution in [1.82, 2.24) is 0 Å². The summed E-state index contributed by atoms with van der Waals surface area (Å²) in [5.41, 5.74) is 2.36. The fraction of sp³-hybridized carbons (Fsp3) is 0.774. The van der Waals surface area contributed by atoms with Gasteiger partial charge < -0.3 is 0 Å². The molecule has 0 aromatic rings. The Morgan fingerprint density at radius 3 is 2.09 bits per heavy atom. The van der Waals surface area contributed by atoms with Crippen molar-refractivity contribution in [3.05, 3.63) is 23.3 Å². The van der Waals surface area contributed by atoms with E-state index in [-0.39, 0.29) is 29.8 Å². The van der Waals surface area contributed by atoms with E-state index in [1.165, 1.54) is 44.6 Å². The van der Waals surface area contributed by atoms with Crippen molar-refractivity contribution < 1.29 is 14.4 Å².